The largest absolute Gasteiger partial charge is 0.496 e. The molecule has 0 radical (unpaired) electrons. The van der Waals surface area contributed by atoms with Gasteiger partial charge in [0.25, 0.3) is 0 Å². The predicted octanol–water partition coefficient (Wildman–Crippen LogP) is 3.90. The molecule has 1 aromatic carbocycles. The number of nitrogens with one attached hydrogen (secondary N) is 1. The minimum Gasteiger partial charge on any atom is -0.496 e. The quantitative estimate of drug-likeness (QED) is 0.679. The van der Waals surface area contributed by atoms with E-state index in [0.29, 0.717) is 5.92 Å². The van der Waals surface area contributed by atoms with E-state index in [1.807, 2.05) is 12.1 Å². The number of ether oxygens (including phenoxy) is 2. The highest BCUT2D eigenvalue weighted by molar-refractivity contribution is 9.10. The lowest BCUT2D eigenvalue weighted by atomic mass is 9.74. The van der Waals surface area contributed by atoms with Crippen LogP contribution >= 0.6 is 15.9 Å². The molecule has 0 fully saturated rings. The van der Waals surface area contributed by atoms with Crippen LogP contribution < -0.4 is 10.1 Å². The molecule has 0 saturated carbocycles. The normalized spacial score (nSPS) is 14.2. The van der Waals surface area contributed by atoms with Crippen LogP contribution in [-0.4, -0.2) is 33.9 Å². The van der Waals surface area contributed by atoms with Crippen LogP contribution in [0.4, 0.5) is 0 Å². The van der Waals surface area contributed by atoms with Gasteiger partial charge in [0.2, 0.25) is 0 Å². The molecule has 120 valence electrons. The van der Waals surface area contributed by atoms with Gasteiger partial charge in [-0.15, -0.1) is 0 Å². The molecule has 0 aliphatic carbocycles. The molecule has 0 heterocycles. The van der Waals surface area contributed by atoms with E-state index in [-0.39, 0.29) is 5.41 Å². The van der Waals surface area contributed by atoms with E-state index >= 15 is 0 Å². The Labute approximate surface area is 137 Å². The van der Waals surface area contributed by atoms with Crippen LogP contribution in [0.2, 0.25) is 0 Å². The Morgan fingerprint density at radius 3 is 2.57 bits per heavy atom. The Morgan fingerprint density at radius 2 is 2.00 bits per heavy atom. The third-order valence-corrected chi connectivity index (χ3v) is 4.74. The molecular formula is C17H28BrNO2. The first-order chi connectivity index (χ1) is 9.92. The van der Waals surface area contributed by atoms with Crippen LogP contribution in [0.1, 0.15) is 26.3 Å². The second-order valence-corrected chi connectivity index (χ2v) is 7.03. The van der Waals surface area contributed by atoms with Gasteiger partial charge in [-0.25, -0.2) is 0 Å². The predicted molar refractivity (Wildman–Crippen MR) is 92.1 cm³/mol. The SMILES string of the molecule is COCCNCC(C)(Cc1cc(Br)ccc1OC)C(C)C. The molecule has 0 aliphatic rings. The molecule has 1 N–H and O–H groups in total. The van der Waals surface area contributed by atoms with Gasteiger partial charge in [-0.2, -0.15) is 0 Å². The lowest BCUT2D eigenvalue weighted by Crippen LogP contribution is -2.39. The van der Waals surface area contributed by atoms with E-state index in [1.54, 1.807) is 14.2 Å². The maximum atomic E-state index is 5.51. The summed E-state index contributed by atoms with van der Waals surface area (Å²) in [5, 5.41) is 3.50. The molecule has 21 heavy (non-hydrogen) atoms. The van der Waals surface area contributed by atoms with Gasteiger partial charge in [0.15, 0.2) is 0 Å². The fraction of sp³-hybridized carbons (Fsp3) is 0.647. The second kappa shape index (κ2) is 8.76. The van der Waals surface area contributed by atoms with Crippen molar-refractivity contribution >= 4 is 15.9 Å². The topological polar surface area (TPSA) is 30.5 Å². The van der Waals surface area contributed by atoms with Gasteiger partial charge in [0.1, 0.15) is 5.75 Å². The van der Waals surface area contributed by atoms with Crippen molar-refractivity contribution in [1.82, 2.24) is 5.32 Å². The molecule has 1 aromatic rings. The van der Waals surface area contributed by atoms with E-state index < -0.39 is 0 Å². The third kappa shape index (κ3) is 5.61. The number of rotatable bonds is 9. The summed E-state index contributed by atoms with van der Waals surface area (Å²) < 4.78 is 11.7. The van der Waals surface area contributed by atoms with Crippen molar-refractivity contribution in [2.24, 2.45) is 11.3 Å². The van der Waals surface area contributed by atoms with Crippen molar-refractivity contribution in [3.8, 4) is 5.75 Å². The van der Waals surface area contributed by atoms with Gasteiger partial charge in [-0.3, -0.25) is 0 Å². The van der Waals surface area contributed by atoms with Gasteiger partial charge < -0.3 is 14.8 Å². The maximum Gasteiger partial charge on any atom is 0.122 e. The molecule has 0 bridgehead atoms. The van der Waals surface area contributed by atoms with Crippen molar-refractivity contribution in [2.45, 2.75) is 27.2 Å². The molecule has 0 aliphatic heterocycles. The summed E-state index contributed by atoms with van der Waals surface area (Å²) in [4.78, 5) is 0. The first-order valence-electron chi connectivity index (χ1n) is 7.45. The van der Waals surface area contributed by atoms with Crippen molar-refractivity contribution < 1.29 is 9.47 Å². The molecule has 0 amide bonds. The highest BCUT2D eigenvalue weighted by Gasteiger charge is 2.29. The van der Waals surface area contributed by atoms with Gasteiger partial charge in [0.05, 0.1) is 13.7 Å². The highest BCUT2D eigenvalue weighted by Crippen LogP contribution is 2.35. The monoisotopic (exact) mass is 357 g/mol. The van der Waals surface area contributed by atoms with Crippen molar-refractivity contribution in [3.63, 3.8) is 0 Å². The molecule has 0 saturated heterocycles. The Hall–Kier alpha value is -0.580. The minimum absolute atomic E-state index is 0.168. The van der Waals surface area contributed by atoms with Gasteiger partial charge >= 0.3 is 0 Å². The van der Waals surface area contributed by atoms with Gasteiger partial charge in [0, 0.05) is 24.7 Å². The van der Waals surface area contributed by atoms with Crippen molar-refractivity contribution in [3.05, 3.63) is 28.2 Å². The number of methoxy groups -OCH3 is 2. The first kappa shape index (κ1) is 18.5. The molecule has 0 aromatic heterocycles. The standard InChI is InChI=1S/C17H28BrNO2/c1-13(2)17(3,12-19-8-9-20-4)11-14-10-15(18)6-7-16(14)21-5/h6-7,10,13,19H,8-9,11-12H2,1-5H3. The number of halogens is 1. The van der Waals surface area contributed by atoms with Crippen LogP contribution in [0.5, 0.6) is 5.75 Å². The fourth-order valence-electron chi connectivity index (χ4n) is 2.34. The molecule has 0 spiro atoms. The van der Waals surface area contributed by atoms with E-state index in [9.17, 15) is 0 Å². The zero-order valence-electron chi connectivity index (χ0n) is 13.8. The van der Waals surface area contributed by atoms with Crippen LogP contribution in [0.3, 0.4) is 0 Å². The molecule has 1 unspecified atom stereocenters. The maximum absolute atomic E-state index is 5.51. The smallest absolute Gasteiger partial charge is 0.122 e. The summed E-state index contributed by atoms with van der Waals surface area (Å²) in [7, 11) is 3.46. The molecular weight excluding hydrogens is 330 g/mol. The Balaban J connectivity index is 2.84. The summed E-state index contributed by atoms with van der Waals surface area (Å²) in [5.74, 6) is 1.53. The van der Waals surface area contributed by atoms with E-state index in [4.69, 9.17) is 9.47 Å². The van der Waals surface area contributed by atoms with Crippen LogP contribution in [0.25, 0.3) is 0 Å². The lowest BCUT2D eigenvalue weighted by Gasteiger charge is -2.35. The fourth-order valence-corrected chi connectivity index (χ4v) is 2.75. The summed E-state index contributed by atoms with van der Waals surface area (Å²) in [6.07, 6.45) is 0.979. The van der Waals surface area contributed by atoms with E-state index in [2.05, 4.69) is 48.1 Å². The molecule has 4 heteroatoms. The zero-order chi connectivity index (χ0) is 15.9. The minimum atomic E-state index is 0.168. The van der Waals surface area contributed by atoms with Crippen LogP contribution in [0, 0.1) is 11.3 Å². The summed E-state index contributed by atoms with van der Waals surface area (Å²) in [5.41, 5.74) is 1.42. The van der Waals surface area contributed by atoms with Crippen molar-refractivity contribution in [1.29, 1.82) is 0 Å². The van der Waals surface area contributed by atoms with Gasteiger partial charge in [-0.05, 0) is 41.5 Å². The van der Waals surface area contributed by atoms with Gasteiger partial charge in [-0.1, -0.05) is 36.7 Å². The number of hydrogen-bond acceptors (Lipinski definition) is 3. The Morgan fingerprint density at radius 1 is 1.29 bits per heavy atom. The Kier molecular flexibility index (Phi) is 7.71. The van der Waals surface area contributed by atoms with E-state index in [1.165, 1.54) is 5.56 Å². The Bertz CT molecular complexity index is 437. The summed E-state index contributed by atoms with van der Waals surface area (Å²) >= 11 is 3.56. The summed E-state index contributed by atoms with van der Waals surface area (Å²) in [6.45, 7) is 9.48. The number of hydrogen-bond donors (Lipinski definition) is 1. The first-order valence-corrected chi connectivity index (χ1v) is 8.24. The second-order valence-electron chi connectivity index (χ2n) is 6.11. The number of benzene rings is 1. The zero-order valence-corrected chi connectivity index (χ0v) is 15.4. The van der Waals surface area contributed by atoms with Crippen LogP contribution in [-0.2, 0) is 11.2 Å². The molecule has 3 nitrogen and oxygen atoms in total. The molecule has 1 atom stereocenters. The summed E-state index contributed by atoms with van der Waals surface area (Å²) in [6, 6.07) is 6.21. The van der Waals surface area contributed by atoms with Crippen LogP contribution in [0.15, 0.2) is 22.7 Å². The van der Waals surface area contributed by atoms with Crippen molar-refractivity contribution in [2.75, 3.05) is 33.9 Å². The lowest BCUT2D eigenvalue weighted by molar-refractivity contribution is 0.174. The molecule has 1 rings (SSSR count). The highest BCUT2D eigenvalue weighted by atomic mass is 79.9. The average Bonchev–Trinajstić information content (AvgIpc) is 2.44. The average molecular weight is 358 g/mol. The van der Waals surface area contributed by atoms with E-state index in [0.717, 1.165) is 36.3 Å². The third-order valence-electron chi connectivity index (χ3n) is 4.24.